The van der Waals surface area contributed by atoms with E-state index in [2.05, 4.69) is 48.9 Å². The minimum atomic E-state index is -0.288. The Morgan fingerprint density at radius 3 is 2.35 bits per heavy atom. The van der Waals surface area contributed by atoms with Gasteiger partial charge in [-0.3, -0.25) is 4.79 Å². The van der Waals surface area contributed by atoms with Crippen LogP contribution in [0.2, 0.25) is 0 Å². The van der Waals surface area contributed by atoms with Gasteiger partial charge in [0.1, 0.15) is 16.7 Å². The largest absolute Gasteiger partial charge is 0.372 e. The van der Waals surface area contributed by atoms with E-state index in [1.54, 1.807) is 6.20 Å². The Morgan fingerprint density at radius 2 is 1.61 bits per heavy atom. The zero-order valence-electron chi connectivity index (χ0n) is 17.7. The first-order chi connectivity index (χ1) is 15.3. The summed E-state index contributed by atoms with van der Waals surface area (Å²) in [7, 11) is 0. The van der Waals surface area contributed by atoms with Crippen LogP contribution in [0.15, 0.2) is 35.3 Å². The molecule has 0 saturated carbocycles. The summed E-state index contributed by atoms with van der Waals surface area (Å²) >= 11 is 0. The van der Waals surface area contributed by atoms with Crippen molar-refractivity contribution < 1.29 is 0 Å². The number of piperidine rings is 1. The van der Waals surface area contributed by atoms with Gasteiger partial charge in [0.05, 0.1) is 6.20 Å². The lowest BCUT2D eigenvalue weighted by Crippen LogP contribution is -2.29. The molecule has 0 atom stereocenters. The predicted octanol–water partition coefficient (Wildman–Crippen LogP) is 3.64. The van der Waals surface area contributed by atoms with Crippen LogP contribution in [-0.4, -0.2) is 46.3 Å². The quantitative estimate of drug-likeness (QED) is 0.668. The van der Waals surface area contributed by atoms with E-state index in [9.17, 15) is 4.79 Å². The third kappa shape index (κ3) is 4.33. The van der Waals surface area contributed by atoms with Crippen molar-refractivity contribution in [3.05, 3.63) is 47.2 Å². The van der Waals surface area contributed by atoms with Gasteiger partial charge in [-0.1, -0.05) is 12.8 Å². The molecule has 4 heterocycles. The number of H-pyrrole nitrogens is 1. The smallest absolute Gasteiger partial charge is 0.277 e. The molecule has 0 unspecified atom stereocenters. The summed E-state index contributed by atoms with van der Waals surface area (Å²) in [6.45, 7) is 3.99. The molecular formula is C23H28N7O. The number of aromatic amines is 1. The van der Waals surface area contributed by atoms with Gasteiger partial charge < -0.3 is 15.1 Å². The molecule has 2 aliphatic rings. The van der Waals surface area contributed by atoms with Gasteiger partial charge in [-0.25, -0.2) is 10.1 Å². The topological polar surface area (TPSA) is 90.0 Å². The van der Waals surface area contributed by atoms with Gasteiger partial charge in [0, 0.05) is 37.6 Å². The lowest BCUT2D eigenvalue weighted by Gasteiger charge is -2.28. The van der Waals surface area contributed by atoms with E-state index in [1.165, 1.54) is 18.5 Å². The maximum Gasteiger partial charge on any atom is 0.277 e. The molecule has 1 radical (unpaired) electrons. The predicted molar refractivity (Wildman–Crippen MR) is 124 cm³/mol. The van der Waals surface area contributed by atoms with Gasteiger partial charge >= 0.3 is 0 Å². The number of nitrogens with zero attached hydrogens (tertiary/aromatic N) is 5. The van der Waals surface area contributed by atoms with Crippen molar-refractivity contribution in [2.75, 3.05) is 41.3 Å². The van der Waals surface area contributed by atoms with Crippen LogP contribution >= 0.6 is 0 Å². The number of aromatic nitrogens is 4. The summed E-state index contributed by atoms with van der Waals surface area (Å²) in [5, 5.41) is 10.3. The molecule has 1 aromatic carbocycles. The molecule has 0 aliphatic carbocycles. The maximum atomic E-state index is 12.5. The van der Waals surface area contributed by atoms with E-state index in [1.807, 2.05) is 12.1 Å². The second kappa shape index (κ2) is 8.91. The van der Waals surface area contributed by atoms with Crippen molar-refractivity contribution in [3.63, 3.8) is 0 Å². The molecule has 8 heteroatoms. The van der Waals surface area contributed by atoms with E-state index >= 15 is 0 Å². The summed E-state index contributed by atoms with van der Waals surface area (Å²) in [5.74, 6) is 1.18. The Kier molecular flexibility index (Phi) is 5.69. The molecule has 0 spiro atoms. The van der Waals surface area contributed by atoms with Crippen LogP contribution in [0.5, 0.6) is 0 Å². The molecule has 2 aromatic heterocycles. The fourth-order valence-corrected chi connectivity index (χ4v) is 4.39. The Morgan fingerprint density at radius 1 is 0.871 bits per heavy atom. The van der Waals surface area contributed by atoms with Crippen molar-refractivity contribution in [3.8, 4) is 0 Å². The molecule has 2 fully saturated rings. The summed E-state index contributed by atoms with van der Waals surface area (Å²) in [6, 6.07) is 8.34. The highest BCUT2D eigenvalue weighted by Gasteiger charge is 2.18. The molecule has 8 nitrogen and oxygen atoms in total. The Bertz CT molecular complexity index is 1080. The van der Waals surface area contributed by atoms with Crippen molar-refractivity contribution in [1.82, 2.24) is 20.2 Å². The molecule has 2 aliphatic heterocycles. The van der Waals surface area contributed by atoms with E-state index in [0.29, 0.717) is 22.7 Å². The summed E-state index contributed by atoms with van der Waals surface area (Å²) in [4.78, 5) is 26.6. The highest BCUT2D eigenvalue weighted by atomic mass is 16.1. The van der Waals surface area contributed by atoms with Crippen molar-refractivity contribution in [2.24, 2.45) is 0 Å². The van der Waals surface area contributed by atoms with Crippen molar-refractivity contribution in [2.45, 2.75) is 38.5 Å². The highest BCUT2D eigenvalue weighted by molar-refractivity contribution is 5.90. The second-order valence-corrected chi connectivity index (χ2v) is 8.26. The number of anilines is 4. The molecular weight excluding hydrogens is 390 g/mol. The lowest BCUT2D eigenvalue weighted by atomic mass is 10.1. The Balaban J connectivity index is 1.47. The van der Waals surface area contributed by atoms with Crippen LogP contribution in [0.4, 0.5) is 23.1 Å². The molecule has 3 aromatic rings. The van der Waals surface area contributed by atoms with Gasteiger partial charge in [-0.05, 0) is 56.4 Å². The highest BCUT2D eigenvalue weighted by Crippen LogP contribution is 2.27. The number of fused-ring (bicyclic) bond motifs is 1. The lowest BCUT2D eigenvalue weighted by molar-refractivity contribution is 0.679. The fraction of sp³-hybridized carbons (Fsp3) is 0.435. The average Bonchev–Trinajstić information content (AvgIpc) is 3.10. The van der Waals surface area contributed by atoms with Crippen LogP contribution in [-0.2, 0) is 0 Å². The molecule has 5 rings (SSSR count). The summed E-state index contributed by atoms with van der Waals surface area (Å²) in [6.07, 6.45) is 10.9. The van der Waals surface area contributed by atoms with E-state index in [-0.39, 0.29) is 5.56 Å². The first-order valence-corrected chi connectivity index (χ1v) is 11.2. The minimum Gasteiger partial charge on any atom is -0.372 e. The normalized spacial score (nSPS) is 17.5. The van der Waals surface area contributed by atoms with Gasteiger partial charge in [-0.2, -0.15) is 10.1 Å². The van der Waals surface area contributed by atoms with Gasteiger partial charge in [0.25, 0.3) is 5.56 Å². The number of benzene rings is 1. The minimum absolute atomic E-state index is 0.288. The van der Waals surface area contributed by atoms with Crippen LogP contribution in [0, 0.1) is 6.42 Å². The van der Waals surface area contributed by atoms with Crippen LogP contribution < -0.4 is 20.7 Å². The molecule has 2 N–H and O–H groups in total. The van der Waals surface area contributed by atoms with E-state index < -0.39 is 0 Å². The molecule has 2 saturated heterocycles. The second-order valence-electron chi connectivity index (χ2n) is 8.26. The summed E-state index contributed by atoms with van der Waals surface area (Å²) in [5.41, 5.74) is 2.38. The van der Waals surface area contributed by atoms with Crippen LogP contribution in [0.1, 0.15) is 38.5 Å². The zero-order valence-corrected chi connectivity index (χ0v) is 17.7. The number of rotatable bonds is 4. The monoisotopic (exact) mass is 418 g/mol. The number of hydrogen-bond acceptors (Lipinski definition) is 7. The van der Waals surface area contributed by atoms with Crippen molar-refractivity contribution in [1.29, 1.82) is 0 Å². The Hall–Kier alpha value is -3.16. The van der Waals surface area contributed by atoms with Crippen LogP contribution in [0.3, 0.4) is 0 Å². The van der Waals surface area contributed by atoms with Gasteiger partial charge in [-0.15, -0.1) is 0 Å². The van der Waals surface area contributed by atoms with E-state index in [4.69, 9.17) is 4.98 Å². The first-order valence-electron chi connectivity index (χ1n) is 11.2. The van der Waals surface area contributed by atoms with Crippen molar-refractivity contribution >= 4 is 34.0 Å². The SMILES string of the molecule is O=c1[nH]ncc2nc(N3CCCCCC3)nc(Nc3ccc(N4CC[CH]CC4)cc3)c12. The maximum absolute atomic E-state index is 12.5. The zero-order chi connectivity index (χ0) is 21.0. The number of hydrogen-bond donors (Lipinski definition) is 2. The molecule has 31 heavy (non-hydrogen) atoms. The first kappa shape index (κ1) is 19.8. The molecule has 0 bridgehead atoms. The average molecular weight is 419 g/mol. The third-order valence-electron chi connectivity index (χ3n) is 6.10. The molecule has 0 amide bonds. The fourth-order valence-electron chi connectivity index (χ4n) is 4.39. The van der Waals surface area contributed by atoms with Gasteiger partial charge in [0.2, 0.25) is 5.95 Å². The summed E-state index contributed by atoms with van der Waals surface area (Å²) < 4.78 is 0. The number of nitrogens with one attached hydrogen (secondary N) is 2. The third-order valence-corrected chi connectivity index (χ3v) is 6.10. The Labute approximate surface area is 181 Å². The van der Waals surface area contributed by atoms with E-state index in [0.717, 1.165) is 57.5 Å². The molecule has 161 valence electrons. The van der Waals surface area contributed by atoms with Gasteiger partial charge in [0.15, 0.2) is 0 Å². The standard InChI is InChI=1S/C23H28N7O/c31-22-20-19(16-24-28-22)26-23(30-14-4-1-2-5-15-30)27-21(20)25-17-8-10-18(11-9-17)29-12-6-3-7-13-29/h3,8-11,16H,1-2,4-7,12-15H2,(H,28,31)(H,25,26,27). The van der Waals surface area contributed by atoms with Crippen LogP contribution in [0.25, 0.3) is 10.9 Å².